The van der Waals surface area contributed by atoms with Gasteiger partial charge < -0.3 is 9.84 Å². The van der Waals surface area contributed by atoms with Gasteiger partial charge in [0, 0.05) is 12.3 Å². The van der Waals surface area contributed by atoms with E-state index in [-0.39, 0.29) is 6.10 Å². The molecule has 0 bridgehead atoms. The van der Waals surface area contributed by atoms with Crippen molar-refractivity contribution < 1.29 is 9.84 Å². The highest BCUT2D eigenvalue weighted by atomic mass is 16.6. The molecule has 2 nitrogen and oxygen atoms in total. The summed E-state index contributed by atoms with van der Waals surface area (Å²) < 4.78 is 5.42. The number of rotatable bonds is 0. The number of ether oxygens (including phenoxy) is 1. The Hall–Kier alpha value is -0.860. The minimum atomic E-state index is -0.539. The first-order valence-electron chi connectivity index (χ1n) is 4.76. The summed E-state index contributed by atoms with van der Waals surface area (Å²) in [4.78, 5) is 0. The molecule has 0 spiro atoms. The Morgan fingerprint density at radius 3 is 3.08 bits per heavy atom. The van der Waals surface area contributed by atoms with Gasteiger partial charge in [0.15, 0.2) is 6.29 Å². The lowest BCUT2D eigenvalue weighted by Gasteiger charge is -2.06. The van der Waals surface area contributed by atoms with E-state index in [0.29, 0.717) is 5.92 Å². The third-order valence-electron chi connectivity index (χ3n) is 3.11. The van der Waals surface area contributed by atoms with E-state index in [9.17, 15) is 5.11 Å². The summed E-state index contributed by atoms with van der Waals surface area (Å²) in [6.45, 7) is 0. The molecular weight excluding hydrogens is 164 g/mol. The van der Waals surface area contributed by atoms with Gasteiger partial charge in [0.05, 0.1) is 6.10 Å². The minimum Gasteiger partial charge on any atom is -0.368 e. The molecule has 0 aromatic heterocycles. The zero-order valence-electron chi connectivity index (χ0n) is 7.31. The average Bonchev–Trinajstić information content (AvgIpc) is 2.60. The van der Waals surface area contributed by atoms with Gasteiger partial charge in [-0.2, -0.15) is 0 Å². The maximum atomic E-state index is 9.34. The summed E-state index contributed by atoms with van der Waals surface area (Å²) in [6.07, 6.45) is 1.43. The maximum Gasteiger partial charge on any atom is 0.155 e. The number of hydrogen-bond donors (Lipinski definition) is 1. The SMILES string of the molecule is OC1CC2c3ccccc3CC2O1. The molecule has 1 saturated heterocycles. The van der Waals surface area contributed by atoms with Crippen molar-refractivity contribution in [2.75, 3.05) is 0 Å². The molecular formula is C11H12O2. The van der Waals surface area contributed by atoms with Crippen molar-refractivity contribution in [1.29, 1.82) is 0 Å². The van der Waals surface area contributed by atoms with Gasteiger partial charge in [0.2, 0.25) is 0 Å². The lowest BCUT2D eigenvalue weighted by Crippen LogP contribution is -2.11. The Bertz CT molecular complexity index is 335. The zero-order valence-corrected chi connectivity index (χ0v) is 7.31. The summed E-state index contributed by atoms with van der Waals surface area (Å²) in [7, 11) is 0. The molecule has 1 N–H and O–H groups in total. The smallest absolute Gasteiger partial charge is 0.155 e. The molecule has 0 amide bonds. The van der Waals surface area contributed by atoms with Crippen LogP contribution < -0.4 is 0 Å². The highest BCUT2D eigenvalue weighted by molar-refractivity contribution is 5.37. The van der Waals surface area contributed by atoms with E-state index in [1.807, 2.05) is 0 Å². The van der Waals surface area contributed by atoms with E-state index in [2.05, 4.69) is 24.3 Å². The second kappa shape index (κ2) is 2.56. The van der Waals surface area contributed by atoms with Crippen LogP contribution in [0.2, 0.25) is 0 Å². The second-order valence-corrected chi connectivity index (χ2v) is 3.87. The van der Waals surface area contributed by atoms with Crippen molar-refractivity contribution in [3.8, 4) is 0 Å². The first-order chi connectivity index (χ1) is 6.34. The molecule has 0 radical (unpaired) electrons. The number of fused-ring (bicyclic) bond motifs is 3. The maximum absolute atomic E-state index is 9.34. The molecule has 3 unspecified atom stereocenters. The molecule has 3 rings (SSSR count). The van der Waals surface area contributed by atoms with E-state index in [0.717, 1.165) is 12.8 Å². The van der Waals surface area contributed by atoms with Crippen LogP contribution in [-0.2, 0) is 11.2 Å². The Morgan fingerprint density at radius 1 is 1.31 bits per heavy atom. The van der Waals surface area contributed by atoms with E-state index < -0.39 is 6.29 Å². The molecule has 1 aliphatic carbocycles. The summed E-state index contributed by atoms with van der Waals surface area (Å²) in [5.74, 6) is 0.436. The Morgan fingerprint density at radius 2 is 2.15 bits per heavy atom. The van der Waals surface area contributed by atoms with Crippen molar-refractivity contribution in [3.63, 3.8) is 0 Å². The van der Waals surface area contributed by atoms with Crippen LogP contribution in [-0.4, -0.2) is 17.5 Å². The quantitative estimate of drug-likeness (QED) is 0.648. The van der Waals surface area contributed by atoms with Gasteiger partial charge in [-0.05, 0) is 17.5 Å². The van der Waals surface area contributed by atoms with Crippen molar-refractivity contribution in [3.05, 3.63) is 35.4 Å². The Kier molecular flexibility index (Phi) is 1.49. The van der Waals surface area contributed by atoms with Crippen LogP contribution in [0.3, 0.4) is 0 Å². The number of aliphatic hydroxyl groups excluding tert-OH is 1. The monoisotopic (exact) mass is 176 g/mol. The molecule has 68 valence electrons. The molecule has 1 heterocycles. The predicted octanol–water partition coefficient (Wildman–Crippen LogP) is 1.43. The van der Waals surface area contributed by atoms with Crippen molar-refractivity contribution in [2.24, 2.45) is 0 Å². The van der Waals surface area contributed by atoms with Crippen molar-refractivity contribution in [2.45, 2.75) is 31.2 Å². The summed E-state index contributed by atoms with van der Waals surface area (Å²) in [6, 6.07) is 8.44. The summed E-state index contributed by atoms with van der Waals surface area (Å²) in [5.41, 5.74) is 2.77. The lowest BCUT2D eigenvalue weighted by molar-refractivity contribution is -0.0891. The molecule has 1 aliphatic heterocycles. The molecule has 2 heteroatoms. The average molecular weight is 176 g/mol. The predicted molar refractivity (Wildman–Crippen MR) is 48.4 cm³/mol. The van der Waals surface area contributed by atoms with E-state index in [1.165, 1.54) is 11.1 Å². The van der Waals surface area contributed by atoms with Gasteiger partial charge in [-0.25, -0.2) is 0 Å². The van der Waals surface area contributed by atoms with Crippen LogP contribution in [0.25, 0.3) is 0 Å². The minimum absolute atomic E-state index is 0.229. The van der Waals surface area contributed by atoms with Crippen LogP contribution in [0.15, 0.2) is 24.3 Å². The summed E-state index contributed by atoms with van der Waals surface area (Å²) in [5, 5.41) is 9.34. The van der Waals surface area contributed by atoms with Crippen LogP contribution in [0.5, 0.6) is 0 Å². The molecule has 0 saturated carbocycles. The fraction of sp³-hybridized carbons (Fsp3) is 0.455. The van der Waals surface area contributed by atoms with Crippen molar-refractivity contribution in [1.82, 2.24) is 0 Å². The zero-order chi connectivity index (χ0) is 8.84. The van der Waals surface area contributed by atoms with Gasteiger partial charge in [-0.3, -0.25) is 0 Å². The standard InChI is InChI=1S/C11H12O2/c12-11-6-9-8-4-2-1-3-7(8)5-10(9)13-11/h1-4,9-12H,5-6H2. The van der Waals surface area contributed by atoms with Gasteiger partial charge in [-0.15, -0.1) is 0 Å². The Labute approximate surface area is 77.2 Å². The normalized spacial score (nSPS) is 35.9. The fourth-order valence-corrected chi connectivity index (χ4v) is 2.54. The first kappa shape index (κ1) is 7.54. The van der Waals surface area contributed by atoms with Crippen LogP contribution in [0.4, 0.5) is 0 Å². The highest BCUT2D eigenvalue weighted by Gasteiger charge is 2.40. The van der Waals surface area contributed by atoms with Crippen LogP contribution >= 0.6 is 0 Å². The van der Waals surface area contributed by atoms with Gasteiger partial charge in [0.25, 0.3) is 0 Å². The summed E-state index contributed by atoms with van der Waals surface area (Å²) >= 11 is 0. The first-order valence-corrected chi connectivity index (χ1v) is 4.76. The highest BCUT2D eigenvalue weighted by Crippen LogP contribution is 2.43. The third-order valence-corrected chi connectivity index (χ3v) is 3.11. The van der Waals surface area contributed by atoms with Gasteiger partial charge in [0.1, 0.15) is 0 Å². The molecule has 3 atom stereocenters. The molecule has 2 aliphatic rings. The van der Waals surface area contributed by atoms with Gasteiger partial charge >= 0.3 is 0 Å². The molecule has 13 heavy (non-hydrogen) atoms. The second-order valence-electron chi connectivity index (χ2n) is 3.87. The van der Waals surface area contributed by atoms with Crippen LogP contribution in [0, 0.1) is 0 Å². The molecule has 1 aromatic carbocycles. The number of benzene rings is 1. The fourth-order valence-electron chi connectivity index (χ4n) is 2.54. The largest absolute Gasteiger partial charge is 0.368 e. The third kappa shape index (κ3) is 1.02. The van der Waals surface area contributed by atoms with E-state index >= 15 is 0 Å². The van der Waals surface area contributed by atoms with Crippen molar-refractivity contribution >= 4 is 0 Å². The lowest BCUT2D eigenvalue weighted by atomic mass is 9.98. The Balaban J connectivity index is 2.02. The molecule has 1 fully saturated rings. The topological polar surface area (TPSA) is 29.5 Å². The van der Waals surface area contributed by atoms with Crippen LogP contribution in [0.1, 0.15) is 23.5 Å². The number of aliphatic hydroxyl groups is 1. The van der Waals surface area contributed by atoms with E-state index in [1.54, 1.807) is 0 Å². The van der Waals surface area contributed by atoms with Gasteiger partial charge in [-0.1, -0.05) is 24.3 Å². The number of hydrogen-bond acceptors (Lipinski definition) is 2. The molecule has 1 aromatic rings. The van der Waals surface area contributed by atoms with E-state index in [4.69, 9.17) is 4.74 Å².